The van der Waals surface area contributed by atoms with Gasteiger partial charge in [0.1, 0.15) is 5.75 Å². The third-order valence-electron chi connectivity index (χ3n) is 4.18. The molecule has 22 heavy (non-hydrogen) atoms. The van der Waals surface area contributed by atoms with E-state index < -0.39 is 6.10 Å². The first-order valence-electron chi connectivity index (χ1n) is 7.89. The molecule has 0 aromatic heterocycles. The van der Waals surface area contributed by atoms with Crippen molar-refractivity contribution >= 4 is 21.8 Å². The first kappa shape index (κ1) is 17.3. The Labute approximate surface area is 141 Å². The summed E-state index contributed by atoms with van der Waals surface area (Å²) in [7, 11) is 0. The van der Waals surface area contributed by atoms with E-state index in [1.165, 1.54) is 0 Å². The van der Waals surface area contributed by atoms with E-state index in [1.807, 2.05) is 43.9 Å². The number of likely N-dealkylation sites (tertiary alicyclic amines) is 1. The second-order valence-electron chi connectivity index (χ2n) is 6.15. The van der Waals surface area contributed by atoms with Crippen molar-refractivity contribution in [2.45, 2.75) is 58.2 Å². The van der Waals surface area contributed by atoms with E-state index >= 15 is 0 Å². The van der Waals surface area contributed by atoms with Gasteiger partial charge in [0.05, 0.1) is 4.47 Å². The van der Waals surface area contributed by atoms with Crippen molar-refractivity contribution in [2.24, 2.45) is 5.73 Å². The molecule has 2 rings (SSSR count). The summed E-state index contributed by atoms with van der Waals surface area (Å²) in [6.45, 7) is 6.57. The third kappa shape index (κ3) is 4.02. The number of nitrogens with two attached hydrogens (primary N) is 1. The van der Waals surface area contributed by atoms with Gasteiger partial charge in [-0.15, -0.1) is 0 Å². The molecule has 1 aliphatic rings. The van der Waals surface area contributed by atoms with E-state index in [0.717, 1.165) is 35.8 Å². The number of carbonyl (C=O) groups is 1. The third-order valence-corrected chi connectivity index (χ3v) is 4.80. The number of amides is 1. The fourth-order valence-electron chi connectivity index (χ4n) is 2.95. The summed E-state index contributed by atoms with van der Waals surface area (Å²) in [5, 5.41) is 0. The van der Waals surface area contributed by atoms with Gasteiger partial charge in [-0.05, 0) is 73.7 Å². The topological polar surface area (TPSA) is 55.6 Å². The summed E-state index contributed by atoms with van der Waals surface area (Å²) in [5.41, 5.74) is 7.19. The lowest BCUT2D eigenvalue weighted by Crippen LogP contribution is -2.54. The highest BCUT2D eigenvalue weighted by molar-refractivity contribution is 9.10. The van der Waals surface area contributed by atoms with Crippen molar-refractivity contribution in [1.29, 1.82) is 0 Å². The number of hydrogen-bond acceptors (Lipinski definition) is 3. The number of hydrogen-bond donors (Lipinski definition) is 1. The quantitative estimate of drug-likeness (QED) is 0.887. The lowest BCUT2D eigenvalue weighted by atomic mass is 9.96. The first-order chi connectivity index (χ1) is 10.4. The van der Waals surface area contributed by atoms with Crippen LogP contribution in [0.1, 0.15) is 38.7 Å². The standard InChI is InChI=1S/C17H25BrN2O2/c1-11-7-8-16(14(18)10-11)22-13(3)17(21)20-9-5-4-6-15(20)12(2)19/h7-8,10,12-13,15H,4-6,9,19H2,1-3H3. The molecule has 1 fully saturated rings. The number of ether oxygens (including phenoxy) is 1. The molecule has 5 heteroatoms. The Morgan fingerprint density at radius 3 is 2.77 bits per heavy atom. The maximum atomic E-state index is 12.7. The molecule has 3 unspecified atom stereocenters. The van der Waals surface area contributed by atoms with Crippen LogP contribution in [0.25, 0.3) is 0 Å². The Bertz CT molecular complexity index is 533. The molecule has 4 nitrogen and oxygen atoms in total. The summed E-state index contributed by atoms with van der Waals surface area (Å²) in [4.78, 5) is 14.6. The van der Waals surface area contributed by atoms with Crippen molar-refractivity contribution in [1.82, 2.24) is 4.90 Å². The number of benzene rings is 1. The molecule has 0 bridgehead atoms. The van der Waals surface area contributed by atoms with Crippen LogP contribution in [0.3, 0.4) is 0 Å². The van der Waals surface area contributed by atoms with E-state index in [9.17, 15) is 4.79 Å². The molecule has 0 radical (unpaired) electrons. The second kappa shape index (κ2) is 7.47. The van der Waals surface area contributed by atoms with Gasteiger partial charge in [0, 0.05) is 18.6 Å². The van der Waals surface area contributed by atoms with Crippen molar-refractivity contribution < 1.29 is 9.53 Å². The minimum atomic E-state index is -0.515. The van der Waals surface area contributed by atoms with Gasteiger partial charge in [-0.1, -0.05) is 6.07 Å². The zero-order chi connectivity index (χ0) is 16.3. The number of rotatable bonds is 4. The van der Waals surface area contributed by atoms with Gasteiger partial charge in [0.25, 0.3) is 5.91 Å². The lowest BCUT2D eigenvalue weighted by Gasteiger charge is -2.39. The average Bonchev–Trinajstić information content (AvgIpc) is 2.49. The smallest absolute Gasteiger partial charge is 0.263 e. The van der Waals surface area contributed by atoms with Crippen LogP contribution in [0.2, 0.25) is 0 Å². The monoisotopic (exact) mass is 368 g/mol. The van der Waals surface area contributed by atoms with Gasteiger partial charge in [-0.2, -0.15) is 0 Å². The van der Waals surface area contributed by atoms with Crippen molar-refractivity contribution in [2.75, 3.05) is 6.54 Å². The second-order valence-corrected chi connectivity index (χ2v) is 7.00. The molecule has 1 aliphatic heterocycles. The minimum Gasteiger partial charge on any atom is -0.480 e. The molecule has 0 spiro atoms. The molecule has 122 valence electrons. The van der Waals surface area contributed by atoms with E-state index in [4.69, 9.17) is 10.5 Å². The van der Waals surface area contributed by atoms with E-state index in [2.05, 4.69) is 15.9 Å². The normalized spacial score (nSPS) is 21.3. The van der Waals surface area contributed by atoms with Crippen LogP contribution in [-0.4, -0.2) is 35.5 Å². The molecule has 1 amide bonds. The van der Waals surface area contributed by atoms with Crippen LogP contribution in [0, 0.1) is 6.92 Å². The molecule has 1 heterocycles. The maximum absolute atomic E-state index is 12.7. The molecule has 1 aromatic rings. The van der Waals surface area contributed by atoms with Crippen LogP contribution in [0.15, 0.2) is 22.7 Å². The highest BCUT2D eigenvalue weighted by Crippen LogP contribution is 2.28. The fourth-order valence-corrected chi connectivity index (χ4v) is 3.54. The predicted molar refractivity (Wildman–Crippen MR) is 92.0 cm³/mol. The molecule has 2 N–H and O–H groups in total. The summed E-state index contributed by atoms with van der Waals surface area (Å²) < 4.78 is 6.73. The Kier molecular flexibility index (Phi) is 5.87. The SMILES string of the molecule is Cc1ccc(OC(C)C(=O)N2CCCCC2C(C)N)c(Br)c1. The molecule has 1 saturated heterocycles. The minimum absolute atomic E-state index is 0.0115. The van der Waals surface area contributed by atoms with Crippen LogP contribution >= 0.6 is 15.9 Å². The lowest BCUT2D eigenvalue weighted by molar-refractivity contribution is -0.142. The molecule has 0 aliphatic carbocycles. The summed E-state index contributed by atoms with van der Waals surface area (Å²) >= 11 is 3.49. The van der Waals surface area contributed by atoms with Gasteiger partial charge < -0.3 is 15.4 Å². The van der Waals surface area contributed by atoms with Gasteiger partial charge in [0.15, 0.2) is 6.10 Å². The van der Waals surface area contributed by atoms with Gasteiger partial charge >= 0.3 is 0 Å². The molecular formula is C17H25BrN2O2. The molecule has 3 atom stereocenters. The van der Waals surface area contributed by atoms with Gasteiger partial charge in [-0.25, -0.2) is 0 Å². The largest absolute Gasteiger partial charge is 0.480 e. The number of nitrogens with zero attached hydrogens (tertiary/aromatic N) is 1. The van der Waals surface area contributed by atoms with Crippen molar-refractivity contribution in [3.63, 3.8) is 0 Å². The first-order valence-corrected chi connectivity index (χ1v) is 8.68. The van der Waals surface area contributed by atoms with Crippen molar-refractivity contribution in [3.05, 3.63) is 28.2 Å². The van der Waals surface area contributed by atoms with E-state index in [1.54, 1.807) is 0 Å². The zero-order valence-corrected chi connectivity index (χ0v) is 15.1. The van der Waals surface area contributed by atoms with Crippen LogP contribution < -0.4 is 10.5 Å². The number of piperidine rings is 1. The van der Waals surface area contributed by atoms with Gasteiger partial charge in [0.2, 0.25) is 0 Å². The van der Waals surface area contributed by atoms with Crippen LogP contribution in [0.5, 0.6) is 5.75 Å². The van der Waals surface area contributed by atoms with Crippen molar-refractivity contribution in [3.8, 4) is 5.75 Å². The fraction of sp³-hybridized carbons (Fsp3) is 0.588. The Morgan fingerprint density at radius 2 is 2.14 bits per heavy atom. The number of carbonyl (C=O) groups excluding carboxylic acids is 1. The van der Waals surface area contributed by atoms with Crippen LogP contribution in [0.4, 0.5) is 0 Å². The maximum Gasteiger partial charge on any atom is 0.263 e. The average molecular weight is 369 g/mol. The highest BCUT2D eigenvalue weighted by Gasteiger charge is 2.32. The molecule has 0 saturated carbocycles. The summed E-state index contributed by atoms with van der Waals surface area (Å²) in [6.07, 6.45) is 2.63. The van der Waals surface area contributed by atoms with E-state index in [0.29, 0.717) is 5.75 Å². The summed E-state index contributed by atoms with van der Waals surface area (Å²) in [5.74, 6) is 0.718. The number of halogens is 1. The predicted octanol–water partition coefficient (Wildman–Crippen LogP) is 3.25. The zero-order valence-electron chi connectivity index (χ0n) is 13.5. The van der Waals surface area contributed by atoms with E-state index in [-0.39, 0.29) is 18.0 Å². The van der Waals surface area contributed by atoms with Gasteiger partial charge in [-0.3, -0.25) is 4.79 Å². The summed E-state index contributed by atoms with van der Waals surface area (Å²) in [6, 6.07) is 5.96. The highest BCUT2D eigenvalue weighted by atomic mass is 79.9. The number of aryl methyl sites for hydroxylation is 1. The Morgan fingerprint density at radius 1 is 1.41 bits per heavy atom. The Hall–Kier alpha value is -1.07. The van der Waals surface area contributed by atoms with Crippen LogP contribution in [-0.2, 0) is 4.79 Å². The Balaban J connectivity index is 2.07. The molecular weight excluding hydrogens is 344 g/mol. The molecule has 1 aromatic carbocycles.